The summed E-state index contributed by atoms with van der Waals surface area (Å²) in [5.74, 6) is -0.0405. The summed E-state index contributed by atoms with van der Waals surface area (Å²) in [6, 6.07) is 18.8. The molecule has 0 fully saturated rings. The summed E-state index contributed by atoms with van der Waals surface area (Å²) >= 11 is 0. The molecule has 0 aliphatic carbocycles. The van der Waals surface area contributed by atoms with E-state index in [1.807, 2.05) is 67.1 Å². The lowest BCUT2D eigenvalue weighted by Gasteiger charge is -2.18. The fourth-order valence-electron chi connectivity index (χ4n) is 3.22. The normalized spacial score (nSPS) is 10.5. The Hall–Kier alpha value is -3.61. The fourth-order valence-corrected chi connectivity index (χ4v) is 3.22. The third-order valence-corrected chi connectivity index (χ3v) is 4.92. The van der Waals surface area contributed by atoms with Gasteiger partial charge in [-0.05, 0) is 38.1 Å². The third-order valence-electron chi connectivity index (χ3n) is 4.92. The Morgan fingerprint density at radius 2 is 1.63 bits per heavy atom. The van der Waals surface area contributed by atoms with Crippen LogP contribution >= 0.6 is 0 Å². The van der Waals surface area contributed by atoms with Crippen LogP contribution < -0.4 is 10.6 Å². The molecule has 3 rings (SSSR count). The van der Waals surface area contributed by atoms with Gasteiger partial charge in [-0.25, -0.2) is 9.48 Å². The molecular formula is C23H27N5O2. The monoisotopic (exact) mass is 405 g/mol. The second kappa shape index (κ2) is 9.73. The molecule has 2 N–H and O–H groups in total. The topological polar surface area (TPSA) is 79.3 Å². The van der Waals surface area contributed by atoms with Crippen LogP contribution in [0.25, 0.3) is 5.69 Å². The highest BCUT2D eigenvalue weighted by molar-refractivity contribution is 5.89. The highest BCUT2D eigenvalue weighted by Gasteiger charge is 2.17. The first kappa shape index (κ1) is 21.1. The minimum Gasteiger partial charge on any atom is -0.341 e. The Balaban J connectivity index is 1.52. The maximum Gasteiger partial charge on any atom is 0.319 e. The molecule has 1 aromatic heterocycles. The Morgan fingerprint density at radius 3 is 2.30 bits per heavy atom. The molecule has 7 nitrogen and oxygen atoms in total. The molecule has 3 amide bonds. The summed E-state index contributed by atoms with van der Waals surface area (Å²) in [4.78, 5) is 26.1. The lowest BCUT2D eigenvalue weighted by molar-refractivity contribution is -0.130. The molecule has 1 heterocycles. The summed E-state index contributed by atoms with van der Waals surface area (Å²) in [5, 5.41) is 10.1. The molecular weight excluding hydrogens is 378 g/mol. The van der Waals surface area contributed by atoms with Crippen molar-refractivity contribution in [1.82, 2.24) is 20.0 Å². The molecule has 30 heavy (non-hydrogen) atoms. The molecule has 2 aromatic carbocycles. The van der Waals surface area contributed by atoms with Gasteiger partial charge < -0.3 is 15.5 Å². The SMILES string of the molecule is Cc1nn(-c2ccccc2)c(C)c1CN(C)C(=O)CCNC(=O)Nc1ccccc1. The van der Waals surface area contributed by atoms with Gasteiger partial charge in [0, 0.05) is 43.5 Å². The number of urea groups is 1. The highest BCUT2D eigenvalue weighted by atomic mass is 16.2. The van der Waals surface area contributed by atoms with Gasteiger partial charge in [0.05, 0.1) is 11.4 Å². The number of nitrogens with zero attached hydrogens (tertiary/aromatic N) is 3. The Morgan fingerprint density at radius 1 is 1.00 bits per heavy atom. The Labute approximate surface area is 176 Å². The molecule has 0 aliphatic heterocycles. The van der Waals surface area contributed by atoms with E-state index in [1.54, 1.807) is 24.1 Å². The van der Waals surface area contributed by atoms with Gasteiger partial charge >= 0.3 is 6.03 Å². The van der Waals surface area contributed by atoms with Crippen molar-refractivity contribution in [2.75, 3.05) is 18.9 Å². The number of carbonyl (C=O) groups excluding carboxylic acids is 2. The van der Waals surface area contributed by atoms with E-state index in [-0.39, 0.29) is 24.9 Å². The predicted octanol–water partition coefficient (Wildman–Crippen LogP) is 3.66. The van der Waals surface area contributed by atoms with E-state index in [9.17, 15) is 9.59 Å². The van der Waals surface area contributed by atoms with Crippen molar-refractivity contribution >= 4 is 17.6 Å². The number of para-hydroxylation sites is 2. The van der Waals surface area contributed by atoms with Crippen LogP contribution in [0.1, 0.15) is 23.4 Å². The molecule has 0 unspecified atom stereocenters. The van der Waals surface area contributed by atoms with E-state index in [4.69, 9.17) is 0 Å². The largest absolute Gasteiger partial charge is 0.341 e. The van der Waals surface area contributed by atoms with Crippen LogP contribution in [0.3, 0.4) is 0 Å². The Kier molecular flexibility index (Phi) is 6.85. The van der Waals surface area contributed by atoms with Crippen molar-refractivity contribution in [1.29, 1.82) is 0 Å². The van der Waals surface area contributed by atoms with E-state index in [0.717, 1.165) is 22.6 Å². The average Bonchev–Trinajstić information content (AvgIpc) is 3.03. The standard InChI is InChI=1S/C23H27N5O2/c1-17-21(18(2)28(26-17)20-12-8-5-9-13-20)16-27(3)22(29)14-15-24-23(30)25-19-10-6-4-7-11-19/h4-13H,14-16H2,1-3H3,(H2,24,25,30). The smallest absolute Gasteiger partial charge is 0.319 e. The molecule has 0 radical (unpaired) electrons. The van der Waals surface area contributed by atoms with Gasteiger partial charge in [0.2, 0.25) is 5.91 Å². The second-order valence-corrected chi connectivity index (χ2v) is 7.14. The zero-order chi connectivity index (χ0) is 21.5. The van der Waals surface area contributed by atoms with Crippen molar-refractivity contribution in [2.24, 2.45) is 0 Å². The van der Waals surface area contributed by atoms with Gasteiger partial charge in [-0.15, -0.1) is 0 Å². The summed E-state index contributed by atoms with van der Waals surface area (Å²) in [7, 11) is 1.77. The molecule has 0 spiro atoms. The zero-order valence-corrected chi connectivity index (χ0v) is 17.6. The second-order valence-electron chi connectivity index (χ2n) is 7.14. The average molecular weight is 406 g/mol. The van der Waals surface area contributed by atoms with Crippen LogP contribution in [0.4, 0.5) is 10.5 Å². The van der Waals surface area contributed by atoms with Crippen molar-refractivity contribution in [3.05, 3.63) is 77.6 Å². The maximum atomic E-state index is 12.5. The number of rotatable bonds is 7. The zero-order valence-electron chi connectivity index (χ0n) is 17.6. The lowest BCUT2D eigenvalue weighted by atomic mass is 10.2. The minimum absolute atomic E-state index is 0.0405. The lowest BCUT2D eigenvalue weighted by Crippen LogP contribution is -2.34. The molecule has 156 valence electrons. The van der Waals surface area contributed by atoms with Crippen molar-refractivity contribution < 1.29 is 9.59 Å². The summed E-state index contributed by atoms with van der Waals surface area (Å²) in [6.07, 6.45) is 0.226. The number of aryl methyl sites for hydroxylation is 1. The molecule has 3 aromatic rings. The van der Waals surface area contributed by atoms with Crippen LogP contribution in [0.2, 0.25) is 0 Å². The molecule has 0 atom stereocenters. The first-order chi connectivity index (χ1) is 14.5. The van der Waals surface area contributed by atoms with Crippen molar-refractivity contribution in [3.63, 3.8) is 0 Å². The van der Waals surface area contributed by atoms with Gasteiger partial charge in [0.25, 0.3) is 0 Å². The van der Waals surface area contributed by atoms with E-state index >= 15 is 0 Å². The molecule has 0 aliphatic rings. The highest BCUT2D eigenvalue weighted by Crippen LogP contribution is 2.19. The van der Waals surface area contributed by atoms with Gasteiger partial charge in [0.1, 0.15) is 0 Å². The number of hydrogen-bond acceptors (Lipinski definition) is 3. The number of hydrogen-bond donors (Lipinski definition) is 2. The number of carbonyl (C=O) groups is 2. The summed E-state index contributed by atoms with van der Waals surface area (Å²) < 4.78 is 1.90. The third kappa shape index (κ3) is 5.26. The predicted molar refractivity (Wildman–Crippen MR) is 118 cm³/mol. The number of amides is 3. The van der Waals surface area contributed by atoms with Gasteiger partial charge in [0.15, 0.2) is 0 Å². The minimum atomic E-state index is -0.326. The first-order valence-electron chi connectivity index (χ1n) is 9.90. The van der Waals surface area contributed by atoms with Gasteiger partial charge in [-0.1, -0.05) is 36.4 Å². The molecule has 7 heteroatoms. The first-order valence-corrected chi connectivity index (χ1v) is 9.90. The van der Waals surface area contributed by atoms with Crippen LogP contribution in [0.15, 0.2) is 60.7 Å². The molecule has 0 saturated carbocycles. The van der Waals surface area contributed by atoms with Crippen LogP contribution in [0.5, 0.6) is 0 Å². The number of anilines is 1. The number of benzene rings is 2. The summed E-state index contributed by atoms with van der Waals surface area (Å²) in [5.41, 5.74) is 4.64. The van der Waals surface area contributed by atoms with Gasteiger partial charge in [-0.2, -0.15) is 5.10 Å². The van der Waals surface area contributed by atoms with E-state index in [1.165, 1.54) is 0 Å². The molecule has 0 bridgehead atoms. The fraction of sp³-hybridized carbons (Fsp3) is 0.261. The summed E-state index contributed by atoms with van der Waals surface area (Å²) in [6.45, 7) is 4.70. The van der Waals surface area contributed by atoms with E-state index < -0.39 is 0 Å². The van der Waals surface area contributed by atoms with E-state index in [2.05, 4.69) is 15.7 Å². The maximum absolute atomic E-state index is 12.5. The van der Waals surface area contributed by atoms with E-state index in [0.29, 0.717) is 12.2 Å². The molecule has 0 saturated heterocycles. The quantitative estimate of drug-likeness (QED) is 0.630. The number of nitrogens with one attached hydrogen (secondary N) is 2. The Bertz CT molecular complexity index is 999. The van der Waals surface area contributed by atoms with Crippen LogP contribution in [-0.2, 0) is 11.3 Å². The van der Waals surface area contributed by atoms with Crippen LogP contribution in [-0.4, -0.2) is 40.2 Å². The van der Waals surface area contributed by atoms with Crippen molar-refractivity contribution in [3.8, 4) is 5.69 Å². The number of aromatic nitrogens is 2. The van der Waals surface area contributed by atoms with Crippen LogP contribution in [0, 0.1) is 13.8 Å². The van der Waals surface area contributed by atoms with Crippen molar-refractivity contribution in [2.45, 2.75) is 26.8 Å². The van der Waals surface area contributed by atoms with Gasteiger partial charge in [-0.3, -0.25) is 4.79 Å².